The van der Waals surface area contributed by atoms with Crippen molar-refractivity contribution in [2.75, 3.05) is 13.2 Å². The Morgan fingerprint density at radius 2 is 1.15 bits per heavy atom. The molecular formula is C45H35BrF8N6O7. The number of nitrogens with zero attached hydrogens (tertiary/aromatic N) is 4. The molecule has 0 bridgehead atoms. The minimum Gasteiger partial charge on any atom is -0.491 e. The molecule has 2 aliphatic heterocycles. The molecule has 6 aromatic rings. The number of fused-ring (bicyclic) bond motifs is 6. The molecule has 13 nitrogen and oxygen atoms in total. The topological polar surface area (TPSA) is 201 Å². The van der Waals surface area contributed by atoms with Crippen molar-refractivity contribution in [3.63, 3.8) is 0 Å². The van der Waals surface area contributed by atoms with E-state index in [9.17, 15) is 60.0 Å². The molecule has 67 heavy (non-hydrogen) atoms. The number of imidazole rings is 2. The zero-order valence-corrected chi connectivity index (χ0v) is 36.3. The molecule has 0 saturated heterocycles. The van der Waals surface area contributed by atoms with Crippen LogP contribution >= 0.6 is 15.9 Å². The minimum atomic E-state index is -4.64. The van der Waals surface area contributed by atoms with Crippen LogP contribution in [0.5, 0.6) is 11.5 Å². The van der Waals surface area contributed by atoms with Gasteiger partial charge in [0.1, 0.15) is 65.8 Å². The number of carbonyl (C=O) groups excluding carboxylic acids is 2. The number of amides is 2. The number of nitrogens with two attached hydrogens (primary N) is 2. The average molecular weight is 1000 g/mol. The van der Waals surface area contributed by atoms with E-state index in [0.29, 0.717) is 5.56 Å². The molecule has 0 fully saturated rings. The summed E-state index contributed by atoms with van der Waals surface area (Å²) in [6.45, 7) is 3.00. The van der Waals surface area contributed by atoms with Gasteiger partial charge >= 0.3 is 12.4 Å². The van der Waals surface area contributed by atoms with Crippen LogP contribution in [0.1, 0.15) is 86.2 Å². The second kappa shape index (κ2) is 18.1. The molecule has 4 aromatic carbocycles. The number of hydrogen-bond acceptors (Lipinski definition) is 9. The molecule has 0 radical (unpaired) electrons. The van der Waals surface area contributed by atoms with Crippen molar-refractivity contribution in [1.29, 1.82) is 0 Å². The monoisotopic (exact) mass is 1000 g/mol. The number of aromatic nitrogens is 4. The standard InChI is InChI=1S/C25H21F4N3O4.C20H14BrF4N3O3/c1-24(2,35)7-6-13-11-16-18(12-17(13)26)36-9-8-32-20(19(22(30)34)31-23(16)32)21(33)14-4-3-5-15(10-14)25(27,28)29;21-12-7-11-14(8-13(12)22)31-5-4-28-16(15(18(26)30)27-19(11)28)17(29)9-2-1-3-10(6-9)20(23,24)25/h3-5,10-12,21,33,35H,8-9H2,1-2H3,(H2,30,34);1-3,6-8,17,29H,4-5H2,(H2,26,30). The minimum absolute atomic E-state index is 0.0228. The fourth-order valence-corrected chi connectivity index (χ4v) is 7.62. The SMILES string of the molecule is CC(C)(O)C#Cc1cc2c(cc1F)OCCn1c-2nc(C(N)=O)c1C(O)c1cccc(C(F)(F)F)c1.NC(=O)c1nc2n(c1C(O)c1cccc(C(F)(F)F)c1)CCOc1cc(F)c(Br)cc1-2. The van der Waals surface area contributed by atoms with E-state index in [2.05, 4.69) is 37.7 Å². The summed E-state index contributed by atoms with van der Waals surface area (Å²) in [7, 11) is 0. The Morgan fingerprint density at radius 3 is 1.57 bits per heavy atom. The lowest BCUT2D eigenvalue weighted by Gasteiger charge is -2.17. The molecule has 4 heterocycles. The molecule has 7 N–H and O–H groups in total. The highest BCUT2D eigenvalue weighted by Gasteiger charge is 2.36. The van der Waals surface area contributed by atoms with Crippen molar-refractivity contribution in [3.8, 4) is 46.1 Å². The van der Waals surface area contributed by atoms with E-state index in [1.807, 2.05) is 0 Å². The van der Waals surface area contributed by atoms with E-state index in [-0.39, 0.29) is 99.0 Å². The number of benzene rings is 4. The summed E-state index contributed by atoms with van der Waals surface area (Å²) in [4.78, 5) is 32.8. The zero-order valence-electron chi connectivity index (χ0n) is 34.7. The third kappa shape index (κ3) is 10.00. The summed E-state index contributed by atoms with van der Waals surface area (Å²) in [5, 5.41) is 31.9. The highest BCUT2D eigenvalue weighted by atomic mass is 79.9. The Hall–Kier alpha value is -6.80. The molecule has 0 spiro atoms. The maximum absolute atomic E-state index is 14.7. The molecule has 2 aliphatic rings. The number of alkyl halides is 6. The van der Waals surface area contributed by atoms with Crippen molar-refractivity contribution in [2.45, 2.75) is 57.1 Å². The van der Waals surface area contributed by atoms with Crippen LogP contribution in [0, 0.1) is 23.5 Å². The van der Waals surface area contributed by atoms with Gasteiger partial charge in [-0.25, -0.2) is 18.7 Å². The third-order valence-corrected chi connectivity index (χ3v) is 10.9. The number of halogens is 9. The van der Waals surface area contributed by atoms with Gasteiger partial charge in [0.25, 0.3) is 11.8 Å². The van der Waals surface area contributed by atoms with Gasteiger partial charge in [0.05, 0.1) is 56.8 Å². The lowest BCUT2D eigenvalue weighted by molar-refractivity contribution is -0.138. The lowest BCUT2D eigenvalue weighted by atomic mass is 10.0. The maximum Gasteiger partial charge on any atom is 0.416 e. The van der Waals surface area contributed by atoms with Crippen LogP contribution < -0.4 is 20.9 Å². The molecule has 350 valence electrons. The van der Waals surface area contributed by atoms with E-state index in [0.717, 1.165) is 48.5 Å². The van der Waals surface area contributed by atoms with Crippen LogP contribution in [0.2, 0.25) is 0 Å². The predicted octanol–water partition coefficient (Wildman–Crippen LogP) is 7.45. The molecular weight excluding hydrogens is 968 g/mol. The van der Waals surface area contributed by atoms with Gasteiger partial charge in [0.2, 0.25) is 0 Å². The molecule has 8 rings (SSSR count). The number of aliphatic hydroxyl groups is 3. The van der Waals surface area contributed by atoms with Gasteiger partial charge in [-0.3, -0.25) is 9.59 Å². The van der Waals surface area contributed by atoms with E-state index in [4.69, 9.17) is 20.9 Å². The number of hydrogen-bond donors (Lipinski definition) is 5. The smallest absolute Gasteiger partial charge is 0.416 e. The Morgan fingerprint density at radius 1 is 0.716 bits per heavy atom. The normalized spacial score (nSPS) is 14.1. The van der Waals surface area contributed by atoms with Crippen LogP contribution in [0.3, 0.4) is 0 Å². The number of primary amides is 2. The van der Waals surface area contributed by atoms with Crippen LogP contribution in [-0.2, 0) is 25.4 Å². The molecule has 2 atom stereocenters. The number of rotatable bonds is 6. The van der Waals surface area contributed by atoms with Crippen LogP contribution in [0.25, 0.3) is 22.8 Å². The molecule has 0 saturated carbocycles. The van der Waals surface area contributed by atoms with Crippen molar-refractivity contribution in [2.24, 2.45) is 11.5 Å². The highest BCUT2D eigenvalue weighted by molar-refractivity contribution is 9.10. The first-order valence-electron chi connectivity index (χ1n) is 19.7. The van der Waals surface area contributed by atoms with Gasteiger partial charge in [-0.2, -0.15) is 26.3 Å². The summed E-state index contributed by atoms with van der Waals surface area (Å²) in [6, 6.07) is 13.1. The van der Waals surface area contributed by atoms with Crippen LogP contribution in [0.15, 0.2) is 77.3 Å². The predicted molar refractivity (Wildman–Crippen MR) is 225 cm³/mol. The first kappa shape index (κ1) is 48.1. The maximum atomic E-state index is 14.7. The van der Waals surface area contributed by atoms with Crippen molar-refractivity contribution in [1.82, 2.24) is 19.1 Å². The van der Waals surface area contributed by atoms with Crippen molar-refractivity contribution >= 4 is 27.7 Å². The summed E-state index contributed by atoms with van der Waals surface area (Å²) in [6.07, 6.45) is -12.6. The van der Waals surface area contributed by atoms with E-state index in [1.54, 1.807) is 0 Å². The van der Waals surface area contributed by atoms with E-state index >= 15 is 0 Å². The summed E-state index contributed by atoms with van der Waals surface area (Å²) in [5.74, 6) is 2.30. The second-order valence-electron chi connectivity index (χ2n) is 15.5. The molecule has 2 amide bonds. The fourth-order valence-electron chi connectivity index (χ4n) is 7.28. The summed E-state index contributed by atoms with van der Waals surface area (Å²) < 4.78 is 122. The second-order valence-corrected chi connectivity index (χ2v) is 16.4. The van der Waals surface area contributed by atoms with Gasteiger partial charge in [-0.05, 0) is 77.3 Å². The largest absolute Gasteiger partial charge is 0.491 e. The number of ether oxygens (including phenoxy) is 2. The van der Waals surface area contributed by atoms with Crippen LogP contribution in [-0.4, -0.2) is 65.1 Å². The summed E-state index contributed by atoms with van der Waals surface area (Å²) in [5.41, 5.74) is 7.03. The van der Waals surface area contributed by atoms with Crippen molar-refractivity contribution < 1.29 is 69.5 Å². The van der Waals surface area contributed by atoms with Crippen molar-refractivity contribution in [3.05, 3.63) is 139 Å². The first-order chi connectivity index (χ1) is 31.3. The Kier molecular flexibility index (Phi) is 13.0. The zero-order chi connectivity index (χ0) is 48.9. The fraction of sp³-hybridized carbons (Fsp3) is 0.244. The van der Waals surface area contributed by atoms with E-state index in [1.165, 1.54) is 47.2 Å². The van der Waals surface area contributed by atoms with Gasteiger partial charge < -0.3 is 45.4 Å². The Labute approximate surface area is 382 Å². The van der Waals surface area contributed by atoms with Gasteiger partial charge in [0.15, 0.2) is 11.4 Å². The molecule has 2 aromatic heterocycles. The van der Waals surface area contributed by atoms with Gasteiger partial charge in [-0.15, -0.1) is 0 Å². The number of aliphatic hydroxyl groups excluding tert-OH is 2. The number of carbonyl (C=O) groups is 2. The van der Waals surface area contributed by atoms with Crippen LogP contribution in [0.4, 0.5) is 35.1 Å². The molecule has 0 aliphatic carbocycles. The first-order valence-corrected chi connectivity index (χ1v) is 20.5. The Balaban J connectivity index is 0.000000201. The average Bonchev–Trinajstić information content (AvgIpc) is 3.72. The highest BCUT2D eigenvalue weighted by Crippen LogP contribution is 2.41. The Bertz CT molecular complexity index is 3000. The summed E-state index contributed by atoms with van der Waals surface area (Å²) >= 11 is 3.08. The van der Waals surface area contributed by atoms with E-state index < -0.39 is 64.7 Å². The quantitative estimate of drug-likeness (QED) is 0.0831. The molecule has 2 unspecified atom stereocenters. The lowest BCUT2D eigenvalue weighted by Crippen LogP contribution is -2.19. The third-order valence-electron chi connectivity index (χ3n) is 10.3. The van der Waals surface area contributed by atoms with Gasteiger partial charge in [-0.1, -0.05) is 36.1 Å². The molecule has 22 heteroatoms. The van der Waals surface area contributed by atoms with Gasteiger partial charge in [0, 0.05) is 12.1 Å².